The van der Waals surface area contributed by atoms with Crippen LogP contribution in [0.2, 0.25) is 5.15 Å². The summed E-state index contributed by atoms with van der Waals surface area (Å²) in [6.45, 7) is 2.91. The monoisotopic (exact) mass is 375 g/mol. The van der Waals surface area contributed by atoms with E-state index in [1.165, 1.54) is 17.7 Å². The van der Waals surface area contributed by atoms with Gasteiger partial charge in [0.05, 0.1) is 11.1 Å². The van der Waals surface area contributed by atoms with Crippen LogP contribution in [-0.2, 0) is 6.54 Å². The predicted octanol–water partition coefficient (Wildman–Crippen LogP) is 3.62. The Bertz CT molecular complexity index is 1030. The summed E-state index contributed by atoms with van der Waals surface area (Å²) in [6, 6.07) is 15.2. The van der Waals surface area contributed by atoms with Crippen LogP contribution in [0.15, 0.2) is 48.8 Å². The first-order chi connectivity index (χ1) is 13.2. The summed E-state index contributed by atoms with van der Waals surface area (Å²) in [4.78, 5) is 13.6. The summed E-state index contributed by atoms with van der Waals surface area (Å²) in [7, 11) is 0. The van der Waals surface area contributed by atoms with Gasteiger partial charge >= 0.3 is 0 Å². The van der Waals surface area contributed by atoms with Crippen molar-refractivity contribution in [1.29, 1.82) is 5.26 Å². The SMILES string of the molecule is N#Cc1ccc(N2CC3CC(C2)N3Cc2ccc(Cl)nc2)c2cccnc12. The number of hydrogen-bond donors (Lipinski definition) is 0. The fourth-order valence-electron chi connectivity index (χ4n) is 4.38. The Kier molecular flexibility index (Phi) is 3.96. The molecule has 2 atom stereocenters. The number of fused-ring (bicyclic) bond motifs is 3. The Morgan fingerprint density at radius 1 is 1.11 bits per heavy atom. The highest BCUT2D eigenvalue weighted by Crippen LogP contribution is 2.38. The van der Waals surface area contributed by atoms with E-state index >= 15 is 0 Å². The van der Waals surface area contributed by atoms with Crippen LogP contribution in [0.4, 0.5) is 5.69 Å². The molecule has 0 saturated carbocycles. The minimum atomic E-state index is 0.537. The number of nitrogens with zero attached hydrogens (tertiary/aromatic N) is 5. The average Bonchev–Trinajstić information content (AvgIpc) is 2.72. The summed E-state index contributed by atoms with van der Waals surface area (Å²) < 4.78 is 0. The Morgan fingerprint density at radius 3 is 2.70 bits per heavy atom. The zero-order valence-electron chi connectivity index (χ0n) is 14.7. The summed E-state index contributed by atoms with van der Waals surface area (Å²) in [5.41, 5.74) is 3.81. The van der Waals surface area contributed by atoms with Gasteiger partial charge < -0.3 is 4.90 Å². The lowest BCUT2D eigenvalue weighted by atomic mass is 9.86. The minimum Gasteiger partial charge on any atom is -0.368 e. The maximum absolute atomic E-state index is 9.35. The van der Waals surface area contributed by atoms with Crippen molar-refractivity contribution in [2.45, 2.75) is 25.0 Å². The van der Waals surface area contributed by atoms with Crippen molar-refractivity contribution in [1.82, 2.24) is 14.9 Å². The number of nitriles is 1. The molecule has 0 radical (unpaired) electrons. The summed E-state index contributed by atoms with van der Waals surface area (Å²) in [5, 5.41) is 11.0. The van der Waals surface area contributed by atoms with Gasteiger partial charge in [0.1, 0.15) is 11.2 Å². The molecule has 134 valence electrons. The maximum Gasteiger partial charge on any atom is 0.129 e. The molecule has 6 rings (SSSR count). The summed E-state index contributed by atoms with van der Waals surface area (Å²) in [5.74, 6) is 0. The van der Waals surface area contributed by atoms with Gasteiger partial charge in [0.25, 0.3) is 0 Å². The van der Waals surface area contributed by atoms with E-state index in [4.69, 9.17) is 11.6 Å². The summed E-state index contributed by atoms with van der Waals surface area (Å²) in [6.07, 6.45) is 4.86. The second kappa shape index (κ2) is 6.49. The van der Waals surface area contributed by atoms with Crippen LogP contribution in [0.3, 0.4) is 0 Å². The number of aromatic nitrogens is 2. The lowest BCUT2D eigenvalue weighted by Gasteiger charge is -2.57. The number of pyridine rings is 2. The number of piperazine rings is 1. The molecule has 5 heterocycles. The fraction of sp³-hybridized carbons (Fsp3) is 0.286. The first kappa shape index (κ1) is 16.5. The number of anilines is 1. The lowest BCUT2D eigenvalue weighted by molar-refractivity contribution is -0.00841. The van der Waals surface area contributed by atoms with Gasteiger partial charge in [-0.05, 0) is 42.3 Å². The van der Waals surface area contributed by atoms with Gasteiger partial charge in [-0.25, -0.2) is 4.98 Å². The Hall–Kier alpha value is -2.68. The normalized spacial score (nSPS) is 21.7. The van der Waals surface area contributed by atoms with Gasteiger partial charge in [0.15, 0.2) is 0 Å². The number of rotatable bonds is 3. The third kappa shape index (κ3) is 2.82. The molecule has 3 aliphatic rings. The molecule has 27 heavy (non-hydrogen) atoms. The Morgan fingerprint density at radius 2 is 1.96 bits per heavy atom. The molecular formula is C21H18ClN5. The number of halogens is 1. The molecule has 3 aromatic rings. The first-order valence-electron chi connectivity index (χ1n) is 9.12. The molecule has 0 spiro atoms. The molecule has 6 heteroatoms. The van der Waals surface area contributed by atoms with Crippen LogP contribution in [0.5, 0.6) is 0 Å². The fourth-order valence-corrected chi connectivity index (χ4v) is 4.49. The molecule has 3 saturated heterocycles. The highest BCUT2D eigenvalue weighted by atomic mass is 35.5. The van der Waals surface area contributed by atoms with Crippen LogP contribution in [-0.4, -0.2) is 40.0 Å². The quantitative estimate of drug-likeness (QED) is 0.654. The number of piperidine rings is 1. The molecular weight excluding hydrogens is 358 g/mol. The second-order valence-corrected chi connectivity index (χ2v) is 7.64. The van der Waals surface area contributed by atoms with Crippen molar-refractivity contribution >= 4 is 28.2 Å². The molecule has 3 fully saturated rings. The van der Waals surface area contributed by atoms with Gasteiger partial charge in [0.2, 0.25) is 0 Å². The molecule has 2 unspecified atom stereocenters. The van der Waals surface area contributed by atoms with Gasteiger partial charge in [-0.15, -0.1) is 0 Å². The van der Waals surface area contributed by atoms with E-state index in [2.05, 4.69) is 44.0 Å². The van der Waals surface area contributed by atoms with Crippen molar-refractivity contribution in [3.63, 3.8) is 0 Å². The summed E-state index contributed by atoms with van der Waals surface area (Å²) >= 11 is 5.89. The van der Waals surface area contributed by atoms with Gasteiger partial charge in [-0.2, -0.15) is 5.26 Å². The molecule has 0 amide bonds. The molecule has 2 bridgehead atoms. The van der Waals surface area contributed by atoms with E-state index in [9.17, 15) is 5.26 Å². The Balaban J connectivity index is 1.38. The molecule has 1 aromatic carbocycles. The topological polar surface area (TPSA) is 56.1 Å². The lowest BCUT2D eigenvalue weighted by Crippen LogP contribution is -2.68. The third-order valence-electron chi connectivity index (χ3n) is 5.71. The van der Waals surface area contributed by atoms with Gasteiger partial charge in [0, 0.05) is 55.2 Å². The molecule has 0 aliphatic carbocycles. The predicted molar refractivity (Wildman–Crippen MR) is 106 cm³/mol. The van der Waals surface area contributed by atoms with E-state index in [1.807, 2.05) is 24.4 Å². The van der Waals surface area contributed by atoms with E-state index in [1.54, 1.807) is 6.20 Å². The van der Waals surface area contributed by atoms with Crippen molar-refractivity contribution < 1.29 is 0 Å². The average molecular weight is 376 g/mol. The first-order valence-corrected chi connectivity index (χ1v) is 9.49. The van der Waals surface area contributed by atoms with Crippen LogP contribution in [0.25, 0.3) is 10.9 Å². The third-order valence-corrected chi connectivity index (χ3v) is 5.93. The minimum absolute atomic E-state index is 0.537. The van der Waals surface area contributed by atoms with Crippen molar-refractivity contribution in [3.05, 3.63) is 65.1 Å². The zero-order chi connectivity index (χ0) is 18.4. The van der Waals surface area contributed by atoms with E-state index in [-0.39, 0.29) is 0 Å². The van der Waals surface area contributed by atoms with Crippen LogP contribution >= 0.6 is 11.6 Å². The number of benzene rings is 1. The molecule has 2 aromatic heterocycles. The van der Waals surface area contributed by atoms with Gasteiger partial charge in [-0.3, -0.25) is 9.88 Å². The van der Waals surface area contributed by atoms with Gasteiger partial charge in [-0.1, -0.05) is 17.7 Å². The van der Waals surface area contributed by atoms with Crippen molar-refractivity contribution in [3.8, 4) is 6.07 Å². The van der Waals surface area contributed by atoms with Crippen LogP contribution < -0.4 is 4.90 Å². The molecule has 0 N–H and O–H groups in total. The second-order valence-electron chi connectivity index (χ2n) is 7.25. The highest BCUT2D eigenvalue weighted by Gasteiger charge is 2.44. The highest BCUT2D eigenvalue weighted by molar-refractivity contribution is 6.29. The van der Waals surface area contributed by atoms with E-state index in [0.717, 1.165) is 30.5 Å². The number of hydrogen-bond acceptors (Lipinski definition) is 5. The Labute approximate surface area is 162 Å². The maximum atomic E-state index is 9.35. The van der Waals surface area contributed by atoms with Crippen molar-refractivity contribution in [2.75, 3.05) is 18.0 Å². The van der Waals surface area contributed by atoms with Crippen LogP contribution in [0.1, 0.15) is 17.5 Å². The largest absolute Gasteiger partial charge is 0.368 e. The zero-order valence-corrected chi connectivity index (χ0v) is 15.5. The van der Waals surface area contributed by atoms with Crippen molar-refractivity contribution in [2.24, 2.45) is 0 Å². The standard InChI is InChI=1S/C21H18ClN5/c22-20-6-3-14(10-25-20)11-27-16-8-17(27)13-26(12-16)19-5-4-15(9-23)21-18(19)2-1-7-24-21/h1-7,10,16-17H,8,11-13H2. The van der Waals surface area contributed by atoms with E-state index in [0.29, 0.717) is 22.8 Å². The van der Waals surface area contributed by atoms with E-state index < -0.39 is 0 Å². The molecule has 3 aliphatic heterocycles. The van der Waals surface area contributed by atoms with Crippen LogP contribution in [0, 0.1) is 11.3 Å². The smallest absolute Gasteiger partial charge is 0.129 e. The molecule has 5 nitrogen and oxygen atoms in total.